The number of aliphatic hydroxyl groups is 1. The highest BCUT2D eigenvalue weighted by atomic mass is 16.5. The summed E-state index contributed by atoms with van der Waals surface area (Å²) in [4.78, 5) is 21.3. The lowest BCUT2D eigenvalue weighted by atomic mass is 10.0. The zero-order chi connectivity index (χ0) is 10.6. The van der Waals surface area contributed by atoms with Crippen LogP contribution in [0.2, 0.25) is 0 Å². The molecule has 0 spiro atoms. The first kappa shape index (κ1) is 10.9. The number of nitrogens with one attached hydrogen (secondary N) is 1. The highest BCUT2D eigenvalue weighted by Crippen LogP contribution is 2.16. The Kier molecular flexibility index (Phi) is 3.83. The average Bonchev–Trinajstić information content (AvgIpc) is 2.65. The van der Waals surface area contributed by atoms with E-state index >= 15 is 0 Å². The third kappa shape index (κ3) is 2.42. The molecule has 1 aliphatic heterocycles. The predicted octanol–water partition coefficient (Wildman–Crippen LogP) is -0.970. The van der Waals surface area contributed by atoms with Crippen LogP contribution >= 0.6 is 0 Å². The van der Waals surface area contributed by atoms with E-state index in [0.717, 1.165) is 0 Å². The maximum Gasteiger partial charge on any atom is 0.308 e. The van der Waals surface area contributed by atoms with Gasteiger partial charge in [-0.3, -0.25) is 4.79 Å². The molecule has 0 aromatic heterocycles. The quantitative estimate of drug-likeness (QED) is 0.452. The second-order valence-electron chi connectivity index (χ2n) is 3.16. The molecule has 0 aromatic rings. The van der Waals surface area contributed by atoms with Gasteiger partial charge in [-0.1, -0.05) is 0 Å². The van der Waals surface area contributed by atoms with Crippen LogP contribution in [0, 0.1) is 0 Å². The Morgan fingerprint density at radius 2 is 2.57 bits per heavy atom. The maximum atomic E-state index is 10.9. The number of ether oxygens (including phenoxy) is 1. The molecule has 78 valence electrons. The molecular weight excluding hydrogens is 186 g/mol. The molecule has 0 aliphatic carbocycles. The van der Waals surface area contributed by atoms with Crippen LogP contribution in [0.25, 0.3) is 0 Å². The second kappa shape index (κ2) is 4.91. The summed E-state index contributed by atoms with van der Waals surface area (Å²) in [5.41, 5.74) is 0.487. The second-order valence-corrected chi connectivity index (χ2v) is 3.16. The van der Waals surface area contributed by atoms with Gasteiger partial charge in [0.05, 0.1) is 25.7 Å². The lowest BCUT2D eigenvalue weighted by Crippen LogP contribution is -2.37. The number of aliphatic hydroxyl groups excluding tert-OH is 1. The summed E-state index contributed by atoms with van der Waals surface area (Å²) in [6, 6.07) is -0.452. The molecule has 5 nitrogen and oxygen atoms in total. The van der Waals surface area contributed by atoms with Crippen LogP contribution in [0.4, 0.5) is 0 Å². The molecule has 0 aromatic carbocycles. The Morgan fingerprint density at radius 3 is 3.14 bits per heavy atom. The zero-order valence-electron chi connectivity index (χ0n) is 7.95. The van der Waals surface area contributed by atoms with Gasteiger partial charge in [-0.15, -0.1) is 0 Å². The van der Waals surface area contributed by atoms with Gasteiger partial charge in [0.2, 0.25) is 0 Å². The topological polar surface area (TPSA) is 75.6 Å². The van der Waals surface area contributed by atoms with E-state index < -0.39 is 18.1 Å². The summed E-state index contributed by atoms with van der Waals surface area (Å²) in [5, 5.41) is 12.5. The van der Waals surface area contributed by atoms with Crippen molar-refractivity contribution in [2.45, 2.75) is 25.0 Å². The fourth-order valence-corrected chi connectivity index (χ4v) is 1.50. The van der Waals surface area contributed by atoms with Gasteiger partial charge >= 0.3 is 5.97 Å². The van der Waals surface area contributed by atoms with Gasteiger partial charge in [0.15, 0.2) is 0 Å². The van der Waals surface area contributed by atoms with Crippen molar-refractivity contribution in [1.29, 1.82) is 0 Å². The van der Waals surface area contributed by atoms with Gasteiger partial charge in [-0.2, -0.15) is 0 Å². The average molecular weight is 199 g/mol. The van der Waals surface area contributed by atoms with Crippen molar-refractivity contribution in [1.82, 2.24) is 5.32 Å². The van der Waals surface area contributed by atoms with Crippen molar-refractivity contribution >= 4 is 11.9 Å². The summed E-state index contributed by atoms with van der Waals surface area (Å²) in [5.74, 6) is 1.29. The van der Waals surface area contributed by atoms with E-state index in [1.807, 2.05) is 0 Å². The molecule has 1 heterocycles. The van der Waals surface area contributed by atoms with Crippen LogP contribution in [0.5, 0.6) is 0 Å². The summed E-state index contributed by atoms with van der Waals surface area (Å²) in [6.45, 7) is 0.632. The van der Waals surface area contributed by atoms with Gasteiger partial charge in [0.1, 0.15) is 5.94 Å². The third-order valence-corrected chi connectivity index (χ3v) is 2.25. The fraction of sp³-hybridized carbons (Fsp3) is 0.667. The molecule has 0 amide bonds. The minimum Gasteiger partial charge on any atom is -0.469 e. The smallest absolute Gasteiger partial charge is 0.308 e. The highest BCUT2D eigenvalue weighted by Gasteiger charge is 2.29. The monoisotopic (exact) mass is 199 g/mol. The summed E-state index contributed by atoms with van der Waals surface area (Å²) >= 11 is 0. The van der Waals surface area contributed by atoms with Crippen molar-refractivity contribution in [3.63, 3.8) is 0 Å². The van der Waals surface area contributed by atoms with Crippen LogP contribution in [0.1, 0.15) is 12.8 Å². The van der Waals surface area contributed by atoms with E-state index in [4.69, 9.17) is 0 Å². The molecule has 1 saturated heterocycles. The SMILES string of the molecule is COC(=O)C[C@H](O)C1NCCC1=C=O. The molecular formula is C9H13NO4. The first-order valence-electron chi connectivity index (χ1n) is 4.41. The maximum absolute atomic E-state index is 10.9. The molecule has 1 unspecified atom stereocenters. The molecule has 14 heavy (non-hydrogen) atoms. The van der Waals surface area contributed by atoms with Crippen molar-refractivity contribution in [3.05, 3.63) is 5.57 Å². The van der Waals surface area contributed by atoms with Crippen molar-refractivity contribution in [2.24, 2.45) is 0 Å². The van der Waals surface area contributed by atoms with Crippen LogP contribution in [0.3, 0.4) is 0 Å². The lowest BCUT2D eigenvalue weighted by Gasteiger charge is -2.16. The molecule has 0 radical (unpaired) electrons. The van der Waals surface area contributed by atoms with E-state index in [-0.39, 0.29) is 6.42 Å². The number of rotatable bonds is 3. The Morgan fingerprint density at radius 1 is 1.86 bits per heavy atom. The van der Waals surface area contributed by atoms with Gasteiger partial charge in [-0.05, 0) is 6.42 Å². The van der Waals surface area contributed by atoms with Gasteiger partial charge in [-0.25, -0.2) is 4.79 Å². The van der Waals surface area contributed by atoms with Crippen LogP contribution in [-0.2, 0) is 14.3 Å². The molecule has 1 fully saturated rings. The summed E-state index contributed by atoms with van der Waals surface area (Å²) < 4.78 is 4.41. The highest BCUT2D eigenvalue weighted by molar-refractivity contribution is 5.70. The Bertz CT molecular complexity index is 270. The first-order valence-corrected chi connectivity index (χ1v) is 4.41. The molecule has 1 aliphatic rings. The van der Waals surface area contributed by atoms with Crippen LogP contribution < -0.4 is 5.32 Å². The molecule has 0 saturated carbocycles. The number of hydrogen-bond donors (Lipinski definition) is 2. The van der Waals surface area contributed by atoms with Crippen molar-refractivity contribution in [3.8, 4) is 0 Å². The molecule has 5 heteroatoms. The van der Waals surface area contributed by atoms with Gasteiger partial charge < -0.3 is 15.2 Å². The predicted molar refractivity (Wildman–Crippen MR) is 48.3 cm³/mol. The minimum atomic E-state index is -0.915. The number of carbonyl (C=O) groups excluding carboxylic acids is 2. The number of methoxy groups -OCH3 is 1. The van der Waals surface area contributed by atoms with E-state index in [0.29, 0.717) is 18.5 Å². The van der Waals surface area contributed by atoms with Crippen LogP contribution in [0.15, 0.2) is 5.57 Å². The third-order valence-electron chi connectivity index (χ3n) is 2.25. The van der Waals surface area contributed by atoms with E-state index in [2.05, 4.69) is 10.1 Å². The normalized spacial score (nSPS) is 23.0. The molecule has 0 bridgehead atoms. The number of hydrogen-bond acceptors (Lipinski definition) is 5. The Hall–Kier alpha value is -1.16. The summed E-state index contributed by atoms with van der Waals surface area (Å²) in [6.07, 6.45) is -0.451. The van der Waals surface area contributed by atoms with E-state index in [1.165, 1.54) is 7.11 Å². The van der Waals surface area contributed by atoms with Crippen molar-refractivity contribution < 1.29 is 19.4 Å². The van der Waals surface area contributed by atoms with Gasteiger partial charge in [0, 0.05) is 12.1 Å². The Labute approximate surface area is 81.7 Å². The van der Waals surface area contributed by atoms with Crippen LogP contribution in [-0.4, -0.2) is 42.8 Å². The van der Waals surface area contributed by atoms with E-state index in [9.17, 15) is 14.7 Å². The molecule has 1 rings (SSSR count). The fourth-order valence-electron chi connectivity index (χ4n) is 1.50. The first-order chi connectivity index (χ1) is 6.69. The number of carbonyl (C=O) groups is 1. The summed E-state index contributed by atoms with van der Waals surface area (Å²) in [7, 11) is 1.26. The minimum absolute atomic E-state index is 0.112. The number of esters is 1. The standard InChI is InChI=1S/C9H13NO4/c1-14-8(13)4-7(12)9-6(5-11)2-3-10-9/h7,9-10,12H,2-4H2,1H3/t7-,9?/m0/s1. The molecule has 2 atom stereocenters. The lowest BCUT2D eigenvalue weighted by molar-refractivity contribution is -0.143. The van der Waals surface area contributed by atoms with E-state index in [1.54, 1.807) is 5.94 Å². The van der Waals surface area contributed by atoms with Gasteiger partial charge in [0.25, 0.3) is 0 Å². The van der Waals surface area contributed by atoms with Crippen molar-refractivity contribution in [2.75, 3.05) is 13.7 Å². The molecule has 2 N–H and O–H groups in total. The zero-order valence-corrected chi connectivity index (χ0v) is 7.95. The largest absolute Gasteiger partial charge is 0.469 e. The Balaban J connectivity index is 2.56.